The largest absolute Gasteiger partial charge is 0.300 e. The summed E-state index contributed by atoms with van der Waals surface area (Å²) in [6.07, 6.45) is 6.09. The fourth-order valence-corrected chi connectivity index (χ4v) is 5.47. The molecular formula is C21H20N4O3S. The lowest BCUT2D eigenvalue weighted by atomic mass is 9.63. The second-order valence-corrected chi connectivity index (χ2v) is 8.64. The number of carbonyl (C=O) groups is 3. The van der Waals surface area contributed by atoms with Crippen LogP contribution in [0.4, 0.5) is 5.13 Å². The number of imide groups is 1. The zero-order valence-corrected chi connectivity index (χ0v) is 16.4. The van der Waals surface area contributed by atoms with Crippen molar-refractivity contribution in [2.45, 2.75) is 25.3 Å². The first-order valence-electron chi connectivity index (χ1n) is 9.79. The van der Waals surface area contributed by atoms with Crippen molar-refractivity contribution in [1.82, 2.24) is 15.1 Å². The predicted octanol–water partition coefficient (Wildman–Crippen LogP) is 2.81. The number of benzene rings is 1. The number of nitrogens with zero attached hydrogens (tertiary/aromatic N) is 3. The molecule has 1 aromatic carbocycles. The Balaban J connectivity index is 1.46. The van der Waals surface area contributed by atoms with Crippen LogP contribution in [0.2, 0.25) is 0 Å². The Bertz CT molecular complexity index is 943. The van der Waals surface area contributed by atoms with E-state index in [-0.39, 0.29) is 47.8 Å². The maximum Gasteiger partial charge on any atom is 0.234 e. The van der Waals surface area contributed by atoms with Crippen molar-refractivity contribution in [2.24, 2.45) is 23.7 Å². The molecule has 29 heavy (non-hydrogen) atoms. The Kier molecular flexibility index (Phi) is 4.50. The summed E-state index contributed by atoms with van der Waals surface area (Å²) in [7, 11) is 0. The van der Waals surface area contributed by atoms with Crippen molar-refractivity contribution < 1.29 is 14.4 Å². The summed E-state index contributed by atoms with van der Waals surface area (Å²) < 4.78 is 0. The molecule has 148 valence electrons. The van der Waals surface area contributed by atoms with Gasteiger partial charge in [0, 0.05) is 0 Å². The van der Waals surface area contributed by atoms with E-state index in [9.17, 15) is 14.4 Å². The third kappa shape index (κ3) is 3.07. The molecule has 5 unspecified atom stereocenters. The second-order valence-electron chi connectivity index (χ2n) is 7.81. The van der Waals surface area contributed by atoms with Gasteiger partial charge in [-0.05, 0) is 30.2 Å². The molecule has 2 fully saturated rings. The molecule has 0 spiro atoms. The minimum Gasteiger partial charge on any atom is -0.300 e. The van der Waals surface area contributed by atoms with E-state index in [0.717, 1.165) is 18.4 Å². The third-order valence-corrected chi connectivity index (χ3v) is 6.88. The number of anilines is 1. The molecule has 4 aliphatic rings. The van der Waals surface area contributed by atoms with Gasteiger partial charge in [-0.3, -0.25) is 19.3 Å². The van der Waals surface area contributed by atoms with Crippen molar-refractivity contribution in [3.63, 3.8) is 0 Å². The number of rotatable bonds is 5. The van der Waals surface area contributed by atoms with E-state index in [1.54, 1.807) is 0 Å². The lowest BCUT2D eigenvalue weighted by Gasteiger charge is -2.38. The van der Waals surface area contributed by atoms with Crippen LogP contribution in [-0.4, -0.2) is 32.8 Å². The summed E-state index contributed by atoms with van der Waals surface area (Å²) in [6.45, 7) is 0. The standard InChI is InChI=1S/C21H20N4O3S/c26-16(23-21-24-22-11-29-21)10-15(12-4-2-1-3-5-12)25-19(27)17-13-6-7-14(9-8-13)18(17)20(25)28/h1-7,11,13-15,17-18H,8-10H2,(H,23,24,26). The van der Waals surface area contributed by atoms with E-state index in [0.29, 0.717) is 5.13 Å². The molecule has 2 aromatic rings. The number of fused-ring (bicyclic) bond motifs is 1. The van der Waals surface area contributed by atoms with E-state index in [2.05, 4.69) is 27.7 Å². The van der Waals surface area contributed by atoms with Gasteiger partial charge in [0.05, 0.1) is 24.3 Å². The van der Waals surface area contributed by atoms with Gasteiger partial charge in [-0.15, -0.1) is 10.2 Å². The molecule has 1 N–H and O–H groups in total. The molecule has 2 heterocycles. The molecule has 6 rings (SSSR count). The van der Waals surface area contributed by atoms with Gasteiger partial charge in [0.15, 0.2) is 0 Å². The van der Waals surface area contributed by atoms with Crippen molar-refractivity contribution in [3.8, 4) is 0 Å². The number of carbonyl (C=O) groups excluding carboxylic acids is 3. The van der Waals surface area contributed by atoms with Crippen molar-refractivity contribution >= 4 is 34.2 Å². The van der Waals surface area contributed by atoms with Crippen molar-refractivity contribution in [2.75, 3.05) is 5.32 Å². The number of aromatic nitrogens is 2. The van der Waals surface area contributed by atoms with Crippen LogP contribution in [0.5, 0.6) is 0 Å². The van der Waals surface area contributed by atoms with Gasteiger partial charge in [0.1, 0.15) is 5.51 Å². The fourth-order valence-electron chi connectivity index (χ4n) is 5.01. The summed E-state index contributed by atoms with van der Waals surface area (Å²) in [5.74, 6) is -0.913. The van der Waals surface area contributed by atoms with Crippen LogP contribution in [0, 0.1) is 23.7 Å². The maximum atomic E-state index is 13.4. The highest BCUT2D eigenvalue weighted by Gasteiger charge is 2.58. The van der Waals surface area contributed by atoms with E-state index < -0.39 is 6.04 Å². The second kappa shape index (κ2) is 7.18. The highest BCUT2D eigenvalue weighted by atomic mass is 32.1. The van der Waals surface area contributed by atoms with Gasteiger partial charge in [-0.1, -0.05) is 53.8 Å². The highest BCUT2D eigenvalue weighted by Crippen LogP contribution is 2.51. The Morgan fingerprint density at radius 3 is 2.31 bits per heavy atom. The molecule has 1 saturated carbocycles. The maximum absolute atomic E-state index is 13.4. The average molecular weight is 408 g/mol. The third-order valence-electron chi connectivity index (χ3n) is 6.27. The molecule has 0 radical (unpaired) electrons. The van der Waals surface area contributed by atoms with E-state index in [1.807, 2.05) is 30.3 Å². The molecule has 1 aliphatic heterocycles. The van der Waals surface area contributed by atoms with Gasteiger partial charge in [0.2, 0.25) is 22.9 Å². The molecule has 5 atom stereocenters. The van der Waals surface area contributed by atoms with Crippen molar-refractivity contribution in [3.05, 3.63) is 53.6 Å². The Hall–Kier alpha value is -2.87. The normalized spacial score (nSPS) is 28.5. The summed E-state index contributed by atoms with van der Waals surface area (Å²) in [6, 6.07) is 8.67. The van der Waals surface area contributed by atoms with Crippen LogP contribution in [-0.2, 0) is 14.4 Å². The molecule has 1 saturated heterocycles. The van der Waals surface area contributed by atoms with E-state index in [4.69, 9.17) is 0 Å². The fraction of sp³-hybridized carbons (Fsp3) is 0.381. The molecular weight excluding hydrogens is 388 g/mol. The number of allylic oxidation sites excluding steroid dienone is 2. The molecule has 3 aliphatic carbocycles. The van der Waals surface area contributed by atoms with Gasteiger partial charge in [-0.2, -0.15) is 0 Å². The first-order chi connectivity index (χ1) is 14.1. The predicted molar refractivity (Wildman–Crippen MR) is 107 cm³/mol. The molecule has 2 bridgehead atoms. The number of amides is 3. The minimum atomic E-state index is -0.630. The monoisotopic (exact) mass is 408 g/mol. The van der Waals surface area contributed by atoms with Gasteiger partial charge >= 0.3 is 0 Å². The quantitative estimate of drug-likeness (QED) is 0.607. The first-order valence-corrected chi connectivity index (χ1v) is 10.7. The zero-order chi connectivity index (χ0) is 20.0. The molecule has 1 aromatic heterocycles. The van der Waals surface area contributed by atoms with Crippen LogP contribution < -0.4 is 5.32 Å². The lowest BCUT2D eigenvalue weighted by Crippen LogP contribution is -2.38. The summed E-state index contributed by atoms with van der Waals surface area (Å²) in [5, 5.41) is 10.7. The smallest absolute Gasteiger partial charge is 0.234 e. The van der Waals surface area contributed by atoms with E-state index in [1.165, 1.54) is 21.7 Å². The highest BCUT2D eigenvalue weighted by molar-refractivity contribution is 7.13. The van der Waals surface area contributed by atoms with Crippen LogP contribution in [0.15, 0.2) is 48.0 Å². The summed E-state index contributed by atoms with van der Waals surface area (Å²) in [5.41, 5.74) is 2.31. The SMILES string of the molecule is O=C(CC(c1ccccc1)N1C(=O)C2C3C=CC(CC3)C2C1=O)Nc1nncs1. The Morgan fingerprint density at radius 1 is 1.10 bits per heavy atom. The van der Waals surface area contributed by atoms with Crippen LogP contribution in [0.1, 0.15) is 30.9 Å². The van der Waals surface area contributed by atoms with E-state index >= 15 is 0 Å². The molecule has 7 nitrogen and oxygen atoms in total. The summed E-state index contributed by atoms with van der Waals surface area (Å²) >= 11 is 1.22. The first kappa shape index (κ1) is 18.2. The van der Waals surface area contributed by atoms with Crippen LogP contribution >= 0.6 is 11.3 Å². The van der Waals surface area contributed by atoms with Gasteiger partial charge < -0.3 is 5.32 Å². The number of hydrogen-bond acceptors (Lipinski definition) is 6. The zero-order valence-electron chi connectivity index (χ0n) is 15.6. The van der Waals surface area contributed by atoms with Gasteiger partial charge in [-0.25, -0.2) is 0 Å². The number of hydrogen-bond donors (Lipinski definition) is 1. The topological polar surface area (TPSA) is 92.3 Å². The lowest BCUT2D eigenvalue weighted by molar-refractivity contribution is -0.143. The van der Waals surface area contributed by atoms with Gasteiger partial charge in [0.25, 0.3) is 0 Å². The Labute approximate surface area is 171 Å². The molecule has 8 heteroatoms. The minimum absolute atomic E-state index is 0.0106. The average Bonchev–Trinajstić information content (AvgIpc) is 3.35. The molecule has 3 amide bonds. The number of nitrogens with one attached hydrogen (secondary N) is 1. The summed E-state index contributed by atoms with van der Waals surface area (Å²) in [4.78, 5) is 40.8. The Morgan fingerprint density at radius 2 is 1.76 bits per heavy atom. The van der Waals surface area contributed by atoms with Crippen LogP contribution in [0.25, 0.3) is 0 Å². The number of likely N-dealkylation sites (tertiary alicyclic amines) is 1. The van der Waals surface area contributed by atoms with Crippen molar-refractivity contribution in [1.29, 1.82) is 0 Å². The van der Waals surface area contributed by atoms with Crippen LogP contribution in [0.3, 0.4) is 0 Å².